The Balaban J connectivity index is 0.000000200. The van der Waals surface area contributed by atoms with Crippen molar-refractivity contribution in [2.75, 3.05) is 48.5 Å². The van der Waals surface area contributed by atoms with Crippen LogP contribution in [0, 0.1) is 11.7 Å². The molecule has 4 aromatic heterocycles. The molecule has 0 bridgehead atoms. The van der Waals surface area contributed by atoms with Gasteiger partial charge in [-0.1, -0.05) is 61.2 Å². The summed E-state index contributed by atoms with van der Waals surface area (Å²) in [6.45, 7) is 18.2. The van der Waals surface area contributed by atoms with Crippen molar-refractivity contribution >= 4 is 93.4 Å². The van der Waals surface area contributed by atoms with Gasteiger partial charge in [-0.3, -0.25) is 46.9 Å². The lowest BCUT2D eigenvalue weighted by Crippen LogP contribution is -2.36. The van der Waals surface area contributed by atoms with Gasteiger partial charge in [0.1, 0.15) is 64.5 Å². The molecule has 0 amide bonds. The number of fused-ring (bicyclic) bond motifs is 1. The summed E-state index contributed by atoms with van der Waals surface area (Å²) in [5.74, 6) is -2.22. The van der Waals surface area contributed by atoms with Gasteiger partial charge in [0.05, 0.1) is 62.8 Å². The van der Waals surface area contributed by atoms with E-state index in [2.05, 4.69) is 46.8 Å². The average Bonchev–Trinajstić information content (AvgIpc) is 1.61. The van der Waals surface area contributed by atoms with Crippen LogP contribution in [0.5, 0.6) is 17.2 Å². The maximum atomic E-state index is 13.8. The smallest absolute Gasteiger partial charge is 0.459 e. The zero-order valence-electron chi connectivity index (χ0n) is 58.4. The predicted octanol–water partition coefficient (Wildman–Crippen LogP) is 7.55. The number of carbonyl (C=O) groups excluding carboxylic acids is 3. The number of aromatic nitrogens is 8. The maximum absolute atomic E-state index is 13.8. The molecule has 11 N–H and O–H groups in total. The standard InChI is InChI=1S/C24H31N6O7P.C20H26FN4O7PS.C20H27N4O7PS/c1-13(2)36-23(33)15(4)29-38(34,37-16-8-6-5-7-9-16)35-11-17-14(3)18(10-19(17)31)30-12-26-20-21(30)27-24(25)28-22(20)32;1-12(2)30-19(26)13(3)24-33(28,32-14-7-5-4-6-8-14)29-10-17-31-16(11-34-17)25-9-15(21)18(22)23-20(25)27;1-13(2)29-19(25)14(3)23-32(27,31-15-7-5-4-6-8-15)28-11-18-30-17(12-33-18)24-10-9-16(21)22-20(24)26/h5-9,12-13,15,17-19,31H,3,10-11H2,1-2,4H3,(H,29,34)(H3,25,27,28,32);4-9,12-13,16-17H,10-11H2,1-3H3,(H,24,28)(H2,22,23,27);4-10,13-14,17-18H,11-12H2,1-3H3,(H,23,27)(H2,21,22,26)/t15-,17-,18-,19-,38-;13-,16-,17+,33-;14-,17-,18+,32-/m000/s1. The van der Waals surface area contributed by atoms with E-state index < -0.39 is 129 Å². The molecule has 41 heteroatoms. The van der Waals surface area contributed by atoms with Crippen molar-refractivity contribution in [2.45, 2.75) is 141 Å². The minimum atomic E-state index is -4.13. The Morgan fingerprint density at radius 2 is 1.05 bits per heavy atom. The second-order valence-electron chi connectivity index (χ2n) is 24.3. The van der Waals surface area contributed by atoms with E-state index in [0.29, 0.717) is 17.1 Å². The van der Waals surface area contributed by atoms with Crippen LogP contribution in [0.15, 0.2) is 142 Å². The van der Waals surface area contributed by atoms with E-state index in [4.69, 9.17) is 68.0 Å². The number of hydrogen-bond donors (Lipinski definition) is 8. The minimum Gasteiger partial charge on any atom is -0.462 e. The highest BCUT2D eigenvalue weighted by Gasteiger charge is 2.43. The largest absolute Gasteiger partial charge is 0.462 e. The van der Waals surface area contributed by atoms with E-state index in [1.165, 1.54) is 67.5 Å². The summed E-state index contributed by atoms with van der Waals surface area (Å²) >= 11 is 2.64. The number of hydrogen-bond acceptors (Lipinski definition) is 30. The van der Waals surface area contributed by atoms with Gasteiger partial charge >= 0.3 is 52.5 Å². The van der Waals surface area contributed by atoms with Crippen LogP contribution in [0.4, 0.5) is 22.0 Å². The van der Waals surface area contributed by atoms with Crippen LogP contribution < -0.4 is 63.0 Å². The number of aliphatic hydroxyl groups is 1. The van der Waals surface area contributed by atoms with Gasteiger partial charge in [-0.15, -0.1) is 23.5 Å². The molecule has 13 atom stereocenters. The number of benzene rings is 3. The highest BCUT2D eigenvalue weighted by molar-refractivity contribution is 8.00. The average molecular weight is 1560 g/mol. The Labute approximate surface area is 610 Å². The minimum absolute atomic E-state index is 0.0662. The summed E-state index contributed by atoms with van der Waals surface area (Å²) in [7, 11) is -12.2. The zero-order chi connectivity index (χ0) is 76.5. The molecule has 3 aromatic carbocycles. The molecule has 7 aromatic rings. The third-order valence-corrected chi connectivity index (χ3v) is 21.9. The van der Waals surface area contributed by atoms with E-state index in [-0.39, 0.29) is 84.7 Å². The molecule has 2 saturated heterocycles. The molecule has 105 heavy (non-hydrogen) atoms. The van der Waals surface area contributed by atoms with Crippen molar-refractivity contribution in [1.82, 2.24) is 53.9 Å². The molecule has 2 aliphatic heterocycles. The molecular weight excluding hydrogens is 1480 g/mol. The Morgan fingerprint density at radius 3 is 1.48 bits per heavy atom. The summed E-state index contributed by atoms with van der Waals surface area (Å²) in [5, 5.41) is 18.7. The molecule has 6 heterocycles. The molecule has 0 spiro atoms. The number of nitrogens with zero attached hydrogens (tertiary/aromatic N) is 7. The van der Waals surface area contributed by atoms with Gasteiger partial charge in [0, 0.05) is 23.6 Å². The Bertz CT molecular complexity index is 4460. The number of nitrogen functional groups attached to an aromatic ring is 3. The molecule has 35 nitrogen and oxygen atoms in total. The lowest BCUT2D eigenvalue weighted by atomic mass is 10.0. The number of nitrogens with one attached hydrogen (secondary N) is 4. The molecule has 570 valence electrons. The lowest BCUT2D eigenvalue weighted by Gasteiger charge is -2.25. The van der Waals surface area contributed by atoms with Crippen LogP contribution in [0.25, 0.3) is 11.2 Å². The van der Waals surface area contributed by atoms with Crippen molar-refractivity contribution in [1.29, 1.82) is 0 Å². The molecular formula is C64H84FN14O21P3S2. The lowest BCUT2D eigenvalue weighted by molar-refractivity contribution is -0.150. The number of carbonyl (C=O) groups is 3. The number of anilines is 3. The Hall–Kier alpha value is -8.32. The van der Waals surface area contributed by atoms with Gasteiger partial charge in [0.15, 0.2) is 22.8 Å². The number of para-hydroxylation sites is 3. The number of rotatable bonds is 30. The zero-order valence-corrected chi connectivity index (χ0v) is 62.8. The van der Waals surface area contributed by atoms with Crippen LogP contribution in [-0.4, -0.2) is 146 Å². The summed E-state index contributed by atoms with van der Waals surface area (Å²) in [6.07, 6.45) is 0.715. The first-order valence-electron chi connectivity index (χ1n) is 32.6. The summed E-state index contributed by atoms with van der Waals surface area (Å²) in [6, 6.07) is 23.2. The van der Waals surface area contributed by atoms with Gasteiger partial charge in [0.2, 0.25) is 5.95 Å². The molecule has 0 unspecified atom stereocenters. The van der Waals surface area contributed by atoms with Crippen LogP contribution in [-0.2, 0) is 65.3 Å². The number of esters is 3. The van der Waals surface area contributed by atoms with Gasteiger partial charge in [-0.2, -0.15) is 30.2 Å². The third-order valence-electron chi connectivity index (χ3n) is 14.8. The number of nitrogens with two attached hydrogens (primary N) is 3. The molecule has 1 aliphatic carbocycles. The van der Waals surface area contributed by atoms with E-state index >= 15 is 0 Å². The monoisotopic (exact) mass is 1560 g/mol. The first-order chi connectivity index (χ1) is 49.7. The fraction of sp³-hybridized carbons (Fsp3) is 0.438. The number of halogens is 1. The van der Waals surface area contributed by atoms with Crippen molar-refractivity contribution in [3.05, 3.63) is 165 Å². The van der Waals surface area contributed by atoms with Crippen LogP contribution >= 0.6 is 46.8 Å². The summed E-state index contributed by atoms with van der Waals surface area (Å²) in [5.41, 5.74) is 14.5. The van der Waals surface area contributed by atoms with Crippen LogP contribution in [0.1, 0.15) is 87.2 Å². The second kappa shape index (κ2) is 37.3. The first kappa shape index (κ1) is 82.3. The number of imidazole rings is 1. The Kier molecular flexibility index (Phi) is 29.2. The van der Waals surface area contributed by atoms with Gasteiger partial charge in [-0.05, 0) is 117 Å². The molecule has 1 saturated carbocycles. The quantitative estimate of drug-likeness (QED) is 0.00932. The first-order valence-corrected chi connectivity index (χ1v) is 39.4. The van der Waals surface area contributed by atoms with Gasteiger partial charge in [-0.25, -0.2) is 32.7 Å². The number of thioether (sulfide) groups is 2. The number of aromatic amines is 1. The fourth-order valence-corrected chi connectivity index (χ4v) is 16.6. The van der Waals surface area contributed by atoms with E-state index in [1.807, 2.05) is 0 Å². The topological polar surface area (TPSA) is 472 Å². The molecule has 3 fully saturated rings. The number of H-pyrrole nitrogens is 1. The van der Waals surface area contributed by atoms with Crippen molar-refractivity contribution < 1.29 is 88.4 Å². The van der Waals surface area contributed by atoms with Gasteiger partial charge < -0.3 is 64.1 Å². The number of ether oxygens (including phenoxy) is 5. The molecule has 10 rings (SSSR count). The highest BCUT2D eigenvalue weighted by atomic mass is 32.2. The molecule has 0 radical (unpaired) electrons. The van der Waals surface area contributed by atoms with Crippen molar-refractivity contribution in [3.63, 3.8) is 0 Å². The SMILES string of the molecule is C=C1[C@H](CO[P@@](=O)(N[C@@H](C)C(=O)OC(C)C)Oc2ccccc2)[C@@H](O)C[C@@H]1n1cnc2c(=O)[nH]c(N)nc21.CC(C)OC(=O)[C@H](C)N[P@](=O)(OC[C@@H]1O[C@H](n2cc(F)c(N)nc2=O)CS1)Oc1ccccc1.CC(C)OC(=O)[C@H](C)N[P@](=O)(OC[C@@H]1O[C@H](n2ccc(N)nc2=O)CS1)Oc1ccccc1. The normalized spacial score (nSPS) is 21.2. The Morgan fingerprint density at radius 1 is 0.629 bits per heavy atom. The van der Waals surface area contributed by atoms with Crippen molar-refractivity contribution in [2.24, 2.45) is 5.92 Å². The molecule has 3 aliphatic rings. The van der Waals surface area contributed by atoms with Crippen LogP contribution in [0.2, 0.25) is 0 Å². The van der Waals surface area contributed by atoms with Gasteiger partial charge in [0.25, 0.3) is 5.56 Å². The van der Waals surface area contributed by atoms with E-state index in [1.54, 1.807) is 137 Å². The van der Waals surface area contributed by atoms with Crippen molar-refractivity contribution in [3.8, 4) is 17.2 Å². The fourth-order valence-electron chi connectivity index (χ4n) is 9.88. The third kappa shape index (κ3) is 23.8. The maximum Gasteiger partial charge on any atom is 0.459 e. The van der Waals surface area contributed by atoms with E-state index in [9.17, 15) is 52.0 Å². The predicted molar refractivity (Wildman–Crippen MR) is 387 cm³/mol. The summed E-state index contributed by atoms with van der Waals surface area (Å²) < 4.78 is 119. The number of aliphatic hydroxyl groups excluding tert-OH is 1. The van der Waals surface area contributed by atoms with E-state index in [0.717, 1.165) is 10.8 Å². The van der Waals surface area contributed by atoms with Crippen LogP contribution in [0.3, 0.4) is 0 Å². The second-order valence-corrected chi connectivity index (χ2v) is 31.8. The summed E-state index contributed by atoms with van der Waals surface area (Å²) in [4.78, 5) is 90.8. The highest BCUT2D eigenvalue weighted by Crippen LogP contribution is 2.50.